The van der Waals surface area contributed by atoms with Crippen molar-refractivity contribution in [3.05, 3.63) is 38.9 Å². The van der Waals surface area contributed by atoms with Crippen molar-refractivity contribution in [3.63, 3.8) is 0 Å². The Morgan fingerprint density at radius 3 is 3.00 bits per heavy atom. The van der Waals surface area contributed by atoms with Gasteiger partial charge in [-0.1, -0.05) is 0 Å². The highest BCUT2D eigenvalue weighted by molar-refractivity contribution is 9.10. The van der Waals surface area contributed by atoms with Crippen molar-refractivity contribution in [2.24, 2.45) is 0 Å². The Morgan fingerprint density at radius 2 is 2.35 bits per heavy atom. The normalized spacial score (nSPS) is 12.4. The molecule has 4 nitrogen and oxygen atoms in total. The number of thiophene rings is 1. The van der Waals surface area contributed by atoms with Crippen LogP contribution in [0.15, 0.2) is 28.3 Å². The molecule has 1 atom stereocenters. The Kier molecular flexibility index (Phi) is 4.09. The number of hydrogen-bond acceptors (Lipinski definition) is 5. The highest BCUT2D eigenvalue weighted by Crippen LogP contribution is 2.30. The zero-order chi connectivity index (χ0) is 12.3. The van der Waals surface area contributed by atoms with Gasteiger partial charge in [-0.2, -0.15) is 0 Å². The molecule has 0 spiro atoms. The van der Waals surface area contributed by atoms with Crippen LogP contribution in [0.1, 0.15) is 16.7 Å². The maximum Gasteiger partial charge on any atom is 0.216 e. The molecular weight excluding hydrogens is 304 g/mol. The van der Waals surface area contributed by atoms with Crippen LogP contribution in [0.4, 0.5) is 0 Å². The van der Waals surface area contributed by atoms with Crippen molar-refractivity contribution in [2.75, 3.05) is 7.11 Å². The number of methoxy groups -OCH3 is 1. The largest absolute Gasteiger partial charge is 0.481 e. The van der Waals surface area contributed by atoms with Crippen LogP contribution in [0.25, 0.3) is 0 Å². The van der Waals surface area contributed by atoms with E-state index < -0.39 is 6.10 Å². The molecule has 0 saturated carbocycles. The van der Waals surface area contributed by atoms with Crippen LogP contribution in [0.2, 0.25) is 0 Å². The topological polar surface area (TPSA) is 55.2 Å². The fraction of sp³-hybridized carbons (Fsp3) is 0.273. The molecule has 0 bridgehead atoms. The minimum atomic E-state index is -0.566. The average Bonchev–Trinajstić information content (AvgIpc) is 2.76. The SMILES string of the molecule is COc1cc(CC(O)c2sccc2Br)ncn1. The zero-order valence-corrected chi connectivity index (χ0v) is 11.5. The summed E-state index contributed by atoms with van der Waals surface area (Å²) in [6.45, 7) is 0. The molecule has 0 fully saturated rings. The van der Waals surface area contributed by atoms with Crippen molar-refractivity contribution in [2.45, 2.75) is 12.5 Å². The lowest BCUT2D eigenvalue weighted by Crippen LogP contribution is -2.03. The molecule has 6 heteroatoms. The summed E-state index contributed by atoms with van der Waals surface area (Å²) in [5.41, 5.74) is 0.754. The van der Waals surface area contributed by atoms with E-state index in [1.807, 2.05) is 11.4 Å². The summed E-state index contributed by atoms with van der Waals surface area (Å²) in [6.07, 6.45) is 1.31. The van der Waals surface area contributed by atoms with Gasteiger partial charge >= 0.3 is 0 Å². The third-order valence-corrected chi connectivity index (χ3v) is 4.23. The number of hydrogen-bond donors (Lipinski definition) is 1. The van der Waals surface area contributed by atoms with Crippen LogP contribution >= 0.6 is 27.3 Å². The first-order chi connectivity index (χ1) is 8.20. The molecule has 0 aromatic carbocycles. The number of aliphatic hydroxyl groups excluding tert-OH is 1. The van der Waals surface area contributed by atoms with E-state index >= 15 is 0 Å². The van der Waals surface area contributed by atoms with E-state index in [1.54, 1.807) is 13.2 Å². The second-order valence-corrected chi connectivity index (χ2v) is 5.21. The number of halogens is 1. The van der Waals surface area contributed by atoms with Crippen LogP contribution < -0.4 is 4.74 Å². The fourth-order valence-electron chi connectivity index (χ4n) is 1.43. The summed E-state index contributed by atoms with van der Waals surface area (Å²) in [5, 5.41) is 12.0. The summed E-state index contributed by atoms with van der Waals surface area (Å²) in [6, 6.07) is 3.65. The standard InChI is InChI=1S/C11H11BrN2O2S/c1-16-10-5-7(13-6-14-10)4-9(15)11-8(12)2-3-17-11/h2-3,5-6,9,15H,4H2,1H3. The first kappa shape index (κ1) is 12.5. The van der Waals surface area contributed by atoms with Gasteiger partial charge in [0.15, 0.2) is 0 Å². The Hall–Kier alpha value is -0.980. The first-order valence-electron chi connectivity index (χ1n) is 4.96. The molecule has 2 heterocycles. The Morgan fingerprint density at radius 1 is 1.53 bits per heavy atom. The minimum Gasteiger partial charge on any atom is -0.481 e. The van der Waals surface area contributed by atoms with E-state index in [0.717, 1.165) is 15.0 Å². The van der Waals surface area contributed by atoms with E-state index in [4.69, 9.17) is 4.74 Å². The smallest absolute Gasteiger partial charge is 0.216 e. The molecule has 0 aliphatic rings. The van der Waals surface area contributed by atoms with E-state index in [2.05, 4.69) is 25.9 Å². The van der Waals surface area contributed by atoms with Crippen molar-refractivity contribution < 1.29 is 9.84 Å². The number of nitrogens with zero attached hydrogens (tertiary/aromatic N) is 2. The molecule has 0 saturated heterocycles. The van der Waals surface area contributed by atoms with E-state index in [0.29, 0.717) is 12.3 Å². The molecule has 0 radical (unpaired) electrons. The molecule has 0 aliphatic carbocycles. The third-order valence-electron chi connectivity index (χ3n) is 2.26. The number of rotatable bonds is 4. The van der Waals surface area contributed by atoms with Crippen LogP contribution in [0, 0.1) is 0 Å². The van der Waals surface area contributed by atoms with E-state index in [9.17, 15) is 5.11 Å². The molecule has 1 N–H and O–H groups in total. The van der Waals surface area contributed by atoms with Crippen molar-refractivity contribution >= 4 is 27.3 Å². The zero-order valence-electron chi connectivity index (χ0n) is 9.13. The van der Waals surface area contributed by atoms with Gasteiger partial charge in [0.2, 0.25) is 5.88 Å². The lowest BCUT2D eigenvalue weighted by atomic mass is 10.1. The van der Waals surface area contributed by atoms with Crippen LogP contribution in [-0.4, -0.2) is 22.2 Å². The Bertz CT molecular complexity index is 504. The molecule has 17 heavy (non-hydrogen) atoms. The summed E-state index contributed by atoms with van der Waals surface area (Å²) in [5.74, 6) is 0.507. The average molecular weight is 315 g/mol. The van der Waals surface area contributed by atoms with Crippen molar-refractivity contribution in [3.8, 4) is 5.88 Å². The lowest BCUT2D eigenvalue weighted by molar-refractivity contribution is 0.180. The predicted molar refractivity (Wildman–Crippen MR) is 69.3 cm³/mol. The first-order valence-corrected chi connectivity index (χ1v) is 6.64. The van der Waals surface area contributed by atoms with Crippen LogP contribution in [0.3, 0.4) is 0 Å². The third kappa shape index (κ3) is 3.02. The van der Waals surface area contributed by atoms with Gasteiger partial charge in [-0.05, 0) is 27.4 Å². The molecule has 90 valence electrons. The van der Waals surface area contributed by atoms with Gasteiger partial charge in [-0.25, -0.2) is 9.97 Å². The summed E-state index contributed by atoms with van der Waals surface area (Å²) < 4.78 is 5.94. The molecule has 0 aliphatic heterocycles. The molecule has 0 amide bonds. The van der Waals surface area contributed by atoms with Crippen molar-refractivity contribution in [1.29, 1.82) is 0 Å². The highest BCUT2D eigenvalue weighted by atomic mass is 79.9. The maximum absolute atomic E-state index is 10.1. The quantitative estimate of drug-likeness (QED) is 0.942. The van der Waals surface area contributed by atoms with Gasteiger partial charge in [-0.15, -0.1) is 11.3 Å². The molecule has 2 aromatic rings. The lowest BCUT2D eigenvalue weighted by Gasteiger charge is -2.09. The van der Waals surface area contributed by atoms with Gasteiger partial charge in [0.05, 0.1) is 18.9 Å². The van der Waals surface area contributed by atoms with Crippen LogP contribution in [0.5, 0.6) is 5.88 Å². The second-order valence-electron chi connectivity index (χ2n) is 3.40. The monoisotopic (exact) mass is 314 g/mol. The number of aromatic nitrogens is 2. The Labute approximate surface area is 111 Å². The summed E-state index contributed by atoms with van der Waals surface area (Å²) in [7, 11) is 1.55. The van der Waals surface area contributed by atoms with Gasteiger partial charge in [0.25, 0.3) is 0 Å². The minimum absolute atomic E-state index is 0.442. The fourth-order valence-corrected chi connectivity index (χ4v) is 3.06. The molecule has 1 unspecified atom stereocenters. The van der Waals surface area contributed by atoms with E-state index in [1.165, 1.54) is 17.7 Å². The van der Waals surface area contributed by atoms with Crippen molar-refractivity contribution in [1.82, 2.24) is 9.97 Å². The summed E-state index contributed by atoms with van der Waals surface area (Å²) >= 11 is 4.92. The van der Waals surface area contributed by atoms with Gasteiger partial charge in [-0.3, -0.25) is 0 Å². The van der Waals surface area contributed by atoms with E-state index in [-0.39, 0.29) is 0 Å². The summed E-state index contributed by atoms with van der Waals surface area (Å²) in [4.78, 5) is 8.93. The molecule has 2 rings (SSSR count). The number of ether oxygens (including phenoxy) is 1. The predicted octanol–water partition coefficient (Wildman–Crippen LogP) is 2.59. The molecule has 2 aromatic heterocycles. The van der Waals surface area contributed by atoms with Crippen LogP contribution in [-0.2, 0) is 6.42 Å². The molecular formula is C11H11BrN2O2S. The van der Waals surface area contributed by atoms with Gasteiger partial charge < -0.3 is 9.84 Å². The Balaban J connectivity index is 2.13. The number of aliphatic hydroxyl groups is 1. The second kappa shape index (κ2) is 5.57. The van der Waals surface area contributed by atoms with Gasteiger partial charge in [0.1, 0.15) is 6.33 Å². The maximum atomic E-state index is 10.1. The highest BCUT2D eigenvalue weighted by Gasteiger charge is 2.14. The van der Waals surface area contributed by atoms with Gasteiger partial charge in [0, 0.05) is 21.8 Å².